The Morgan fingerprint density at radius 1 is 0.893 bits per heavy atom. The summed E-state index contributed by atoms with van der Waals surface area (Å²) < 4.78 is 13.3. The Morgan fingerprint density at radius 2 is 1.36 bits per heavy atom. The van der Waals surface area contributed by atoms with E-state index in [0.29, 0.717) is 6.61 Å². The molecule has 2 nitrogen and oxygen atoms in total. The van der Waals surface area contributed by atoms with Gasteiger partial charge in [0.15, 0.2) is 0 Å². The van der Waals surface area contributed by atoms with E-state index in [1.807, 2.05) is 7.11 Å². The van der Waals surface area contributed by atoms with Gasteiger partial charge in [-0.3, -0.25) is 0 Å². The maximum Gasteiger partial charge on any atom is 0.261 e. The van der Waals surface area contributed by atoms with Crippen LogP contribution in [0.15, 0.2) is 60.7 Å². The molecule has 3 heteroatoms. The molecule has 2 aromatic carbocycles. The van der Waals surface area contributed by atoms with E-state index in [-0.39, 0.29) is 10.6 Å². The number of hydrogen-bond acceptors (Lipinski definition) is 2. The molecule has 0 radical (unpaired) electrons. The smallest absolute Gasteiger partial charge is 0.261 e. The maximum atomic E-state index is 7.15. The molecule has 0 bridgehead atoms. The Morgan fingerprint density at radius 3 is 1.75 bits per heavy atom. The lowest BCUT2D eigenvalue weighted by atomic mass is 9.80. The Balaban J connectivity index is 2.04. The number of methoxy groups -OCH3 is 1. The Bertz CT molecular complexity index is 689. The van der Waals surface area contributed by atoms with Gasteiger partial charge in [-0.15, -0.1) is 0 Å². The number of hydrogen-bond donors (Lipinski definition) is 0. The van der Waals surface area contributed by atoms with Crippen molar-refractivity contribution in [2.75, 3.05) is 13.7 Å². The molecule has 1 fully saturated rings. The van der Waals surface area contributed by atoms with Crippen LogP contribution in [0.5, 0.6) is 0 Å². The highest BCUT2D eigenvalue weighted by Gasteiger charge is 2.51. The third-order valence-corrected chi connectivity index (χ3v) is 11.6. The average Bonchev–Trinajstić information content (AvgIpc) is 2.71. The summed E-state index contributed by atoms with van der Waals surface area (Å²) in [5.74, 6) is 0.788. The topological polar surface area (TPSA) is 18.5 Å². The van der Waals surface area contributed by atoms with Gasteiger partial charge < -0.3 is 9.16 Å². The van der Waals surface area contributed by atoms with Crippen LogP contribution in [0, 0.1) is 5.92 Å². The van der Waals surface area contributed by atoms with E-state index in [2.05, 4.69) is 88.4 Å². The molecule has 3 rings (SSSR count). The van der Waals surface area contributed by atoms with Gasteiger partial charge in [-0.2, -0.15) is 0 Å². The molecule has 0 amide bonds. The fraction of sp³-hybridized carbons (Fsp3) is 0.520. The van der Waals surface area contributed by atoms with Gasteiger partial charge in [0.2, 0.25) is 0 Å². The summed E-state index contributed by atoms with van der Waals surface area (Å²) in [5, 5.41) is 2.68. The summed E-state index contributed by atoms with van der Waals surface area (Å²) in [6.45, 7) is 10.0. The zero-order valence-corrected chi connectivity index (χ0v) is 19.2. The molecule has 0 heterocycles. The molecule has 1 aliphatic carbocycles. The summed E-state index contributed by atoms with van der Waals surface area (Å²) >= 11 is 0. The first kappa shape index (κ1) is 21.3. The molecular formula is C25H36O2Si. The van der Waals surface area contributed by atoms with Crippen molar-refractivity contribution in [2.45, 2.75) is 64.0 Å². The van der Waals surface area contributed by atoms with Gasteiger partial charge in [0.25, 0.3) is 8.32 Å². The average molecular weight is 397 g/mol. The number of benzene rings is 2. The van der Waals surface area contributed by atoms with E-state index in [1.54, 1.807) is 0 Å². The molecule has 28 heavy (non-hydrogen) atoms. The normalized spacial score (nSPS) is 23.5. The highest BCUT2D eigenvalue weighted by molar-refractivity contribution is 6.99. The van der Waals surface area contributed by atoms with E-state index in [1.165, 1.54) is 23.2 Å². The minimum Gasteiger partial charge on any atom is -0.404 e. The van der Waals surface area contributed by atoms with Gasteiger partial charge in [-0.05, 0) is 47.0 Å². The zero-order chi connectivity index (χ0) is 20.3. The first-order chi connectivity index (χ1) is 13.3. The van der Waals surface area contributed by atoms with Gasteiger partial charge >= 0.3 is 0 Å². The molecular weight excluding hydrogens is 360 g/mol. The summed E-state index contributed by atoms with van der Waals surface area (Å²) in [6, 6.07) is 21.8. The molecule has 0 saturated heterocycles. The second kappa shape index (κ2) is 8.52. The van der Waals surface area contributed by atoms with Crippen molar-refractivity contribution >= 4 is 18.7 Å². The molecule has 0 aliphatic heterocycles. The lowest BCUT2D eigenvalue weighted by Crippen LogP contribution is -2.67. The lowest BCUT2D eigenvalue weighted by molar-refractivity contribution is -0.0777. The zero-order valence-electron chi connectivity index (χ0n) is 18.2. The van der Waals surface area contributed by atoms with Crippen LogP contribution < -0.4 is 10.4 Å². The van der Waals surface area contributed by atoms with Crippen LogP contribution in [0.25, 0.3) is 0 Å². The van der Waals surface area contributed by atoms with E-state index < -0.39 is 8.32 Å². The fourth-order valence-corrected chi connectivity index (χ4v) is 9.33. The third-order valence-electron chi connectivity index (χ3n) is 6.59. The van der Waals surface area contributed by atoms with Crippen molar-refractivity contribution in [1.29, 1.82) is 0 Å². The first-order valence-corrected chi connectivity index (χ1v) is 12.5. The second-order valence-corrected chi connectivity index (χ2v) is 13.8. The molecule has 0 spiro atoms. The molecule has 0 aromatic heterocycles. The molecule has 2 aromatic rings. The Hall–Kier alpha value is -1.42. The molecule has 1 saturated carbocycles. The fourth-order valence-electron chi connectivity index (χ4n) is 4.70. The van der Waals surface area contributed by atoms with Crippen LogP contribution >= 0.6 is 0 Å². The minimum atomic E-state index is -2.49. The quantitative estimate of drug-likeness (QED) is 0.628. The van der Waals surface area contributed by atoms with Crippen molar-refractivity contribution in [3.8, 4) is 0 Å². The molecule has 0 N–H and O–H groups in total. The lowest BCUT2D eigenvalue weighted by Gasteiger charge is -2.46. The van der Waals surface area contributed by atoms with Crippen LogP contribution in [0.1, 0.15) is 53.4 Å². The van der Waals surface area contributed by atoms with Crippen LogP contribution in [0.4, 0.5) is 0 Å². The number of rotatable bonds is 6. The molecule has 152 valence electrons. The van der Waals surface area contributed by atoms with Crippen molar-refractivity contribution in [2.24, 2.45) is 5.92 Å². The van der Waals surface area contributed by atoms with E-state index >= 15 is 0 Å². The van der Waals surface area contributed by atoms with Crippen LogP contribution in [-0.4, -0.2) is 27.6 Å². The SMILES string of the molecule is COC1(CO[Si](c2ccccc2)(c2ccccc2)C(C)(C)C)CCC(C)CC1. The van der Waals surface area contributed by atoms with Crippen LogP contribution in [-0.2, 0) is 9.16 Å². The van der Waals surface area contributed by atoms with Gasteiger partial charge in [0.05, 0.1) is 12.2 Å². The maximum absolute atomic E-state index is 7.15. The van der Waals surface area contributed by atoms with Crippen LogP contribution in [0.3, 0.4) is 0 Å². The van der Waals surface area contributed by atoms with Gasteiger partial charge in [0, 0.05) is 7.11 Å². The van der Waals surface area contributed by atoms with Gasteiger partial charge in [-0.1, -0.05) is 88.4 Å². The summed E-state index contributed by atoms with van der Waals surface area (Å²) in [5.41, 5.74) is -0.153. The predicted molar refractivity (Wildman–Crippen MR) is 121 cm³/mol. The van der Waals surface area contributed by atoms with Crippen LogP contribution in [0.2, 0.25) is 5.04 Å². The van der Waals surface area contributed by atoms with E-state index in [9.17, 15) is 0 Å². The highest BCUT2D eigenvalue weighted by atomic mass is 28.4. The monoisotopic (exact) mass is 396 g/mol. The number of ether oxygens (including phenoxy) is 1. The molecule has 0 atom stereocenters. The second-order valence-electron chi connectivity index (χ2n) is 9.52. The summed E-state index contributed by atoms with van der Waals surface area (Å²) in [6.07, 6.45) is 4.61. The highest BCUT2D eigenvalue weighted by Crippen LogP contribution is 2.40. The van der Waals surface area contributed by atoms with Crippen molar-refractivity contribution < 1.29 is 9.16 Å². The summed E-state index contributed by atoms with van der Waals surface area (Å²) in [7, 11) is -0.628. The minimum absolute atomic E-state index is 0.00654. The van der Waals surface area contributed by atoms with Gasteiger partial charge in [0.1, 0.15) is 0 Å². The van der Waals surface area contributed by atoms with Gasteiger partial charge in [-0.25, -0.2) is 0 Å². The molecule has 1 aliphatic rings. The summed E-state index contributed by atoms with van der Waals surface area (Å²) in [4.78, 5) is 0. The Labute approximate surface area is 172 Å². The largest absolute Gasteiger partial charge is 0.404 e. The first-order valence-electron chi connectivity index (χ1n) is 10.6. The molecule has 0 unspecified atom stereocenters. The Kier molecular flexibility index (Phi) is 6.48. The predicted octanol–water partition coefficient (Wildman–Crippen LogP) is 5.16. The van der Waals surface area contributed by atoms with E-state index in [4.69, 9.17) is 9.16 Å². The van der Waals surface area contributed by atoms with E-state index in [0.717, 1.165) is 18.8 Å². The van der Waals surface area contributed by atoms with Crippen molar-refractivity contribution in [1.82, 2.24) is 0 Å². The van der Waals surface area contributed by atoms with Crippen molar-refractivity contribution in [3.63, 3.8) is 0 Å². The third kappa shape index (κ3) is 4.12. The van der Waals surface area contributed by atoms with Crippen molar-refractivity contribution in [3.05, 3.63) is 60.7 Å². The standard InChI is InChI=1S/C25H36O2Si/c1-21-16-18-25(26-5,19-17-21)20-27-28(24(2,3)4,22-12-8-6-9-13-22)23-14-10-7-11-15-23/h6-15,21H,16-20H2,1-5H3.